The van der Waals surface area contributed by atoms with Gasteiger partial charge in [-0.1, -0.05) is 0 Å². The molecule has 0 radical (unpaired) electrons. The second-order valence-electron chi connectivity index (χ2n) is 6.57. The van der Waals surface area contributed by atoms with Crippen molar-refractivity contribution in [1.29, 1.82) is 0 Å². The molecule has 3 aromatic carbocycles. The molecule has 3 aromatic rings. The van der Waals surface area contributed by atoms with Crippen molar-refractivity contribution in [3.05, 3.63) is 84.4 Å². The van der Waals surface area contributed by atoms with Crippen LogP contribution in [-0.2, 0) is 0 Å². The van der Waals surface area contributed by atoms with Gasteiger partial charge in [-0.15, -0.1) is 0 Å². The fourth-order valence-electron chi connectivity index (χ4n) is 3.23. The first-order valence-corrected chi connectivity index (χ1v) is 10.4. The zero-order valence-electron chi connectivity index (χ0n) is 14.4. The molecule has 0 aliphatic heterocycles. The van der Waals surface area contributed by atoms with Gasteiger partial charge in [-0.3, -0.25) is 0 Å². The molecule has 0 saturated carbocycles. The Bertz CT molecular complexity index is 866. The maximum absolute atomic E-state index is 11.1. The van der Waals surface area contributed by atoms with E-state index >= 15 is 0 Å². The van der Waals surface area contributed by atoms with E-state index in [1.54, 1.807) is 42.5 Å². The first-order valence-electron chi connectivity index (χ1n) is 8.31. The normalized spacial score (nSPS) is 13.4. The molecule has 3 rings (SSSR count). The molecule has 3 N–H and O–H groups in total. The van der Waals surface area contributed by atoms with E-state index in [9.17, 15) is 14.7 Å². The minimum absolute atomic E-state index is 0.00284. The summed E-state index contributed by atoms with van der Waals surface area (Å²) in [5.41, 5.74) is 2.63. The predicted molar refractivity (Wildman–Crippen MR) is 105 cm³/mol. The van der Waals surface area contributed by atoms with Gasteiger partial charge in [-0.25, -0.2) is 0 Å². The summed E-state index contributed by atoms with van der Waals surface area (Å²) < 4.78 is 0. The van der Waals surface area contributed by atoms with Crippen LogP contribution < -0.4 is 10.6 Å². The molecule has 0 fully saturated rings. The second kappa shape index (κ2) is 6.36. The molecule has 0 spiro atoms. The molecular weight excluding hydrogens is 331 g/mol. The van der Waals surface area contributed by atoms with Crippen LogP contribution in [0.3, 0.4) is 0 Å². The average molecular weight is 354 g/mol. The van der Waals surface area contributed by atoms with E-state index in [2.05, 4.69) is 0 Å². The number of benzene rings is 3. The van der Waals surface area contributed by atoms with Gasteiger partial charge in [0.2, 0.25) is 0 Å². The summed E-state index contributed by atoms with van der Waals surface area (Å²) in [5, 5.41) is 0.342. The van der Waals surface area contributed by atoms with Gasteiger partial charge in [0, 0.05) is 0 Å². The Kier molecular flexibility index (Phi) is 4.52. The molecule has 4 heteroatoms. The van der Waals surface area contributed by atoms with Crippen LogP contribution in [0.25, 0.3) is 11.1 Å². The molecule has 130 valence electrons. The van der Waals surface area contributed by atoms with Crippen molar-refractivity contribution in [2.75, 3.05) is 0 Å². The van der Waals surface area contributed by atoms with Crippen LogP contribution in [0.5, 0.6) is 0 Å². The van der Waals surface area contributed by atoms with Gasteiger partial charge in [0.05, 0.1) is 0 Å². The van der Waals surface area contributed by atoms with Gasteiger partial charge < -0.3 is 0 Å². The van der Waals surface area contributed by atoms with Crippen LogP contribution in [0, 0.1) is 0 Å². The van der Waals surface area contributed by atoms with Crippen molar-refractivity contribution in [1.82, 2.24) is 0 Å². The van der Waals surface area contributed by atoms with E-state index in [1.165, 1.54) is 0 Å². The molecule has 0 saturated heterocycles. The quantitative estimate of drug-likeness (QED) is 0.626. The zero-order valence-corrected chi connectivity index (χ0v) is 15.3. The number of hydrogen-bond acceptors (Lipinski definition) is 3. The summed E-state index contributed by atoms with van der Waals surface area (Å²) >= 11 is 0. The third-order valence-corrected chi connectivity index (χ3v) is 6.95. The summed E-state index contributed by atoms with van der Waals surface area (Å²) in [6.45, 7) is 3.98. The fourth-order valence-corrected chi connectivity index (χ4v) is 5.41. The van der Waals surface area contributed by atoms with Crippen LogP contribution in [0.2, 0.25) is 0 Å². The van der Waals surface area contributed by atoms with Crippen molar-refractivity contribution < 1.29 is 14.7 Å². The molecule has 0 heterocycles. The Labute approximate surface area is 148 Å². The Morgan fingerprint density at radius 1 is 0.680 bits per heavy atom. The van der Waals surface area contributed by atoms with Gasteiger partial charge in [0.15, 0.2) is 0 Å². The topological polar surface area (TPSA) is 60.7 Å². The van der Waals surface area contributed by atoms with E-state index in [-0.39, 0.29) is 16.5 Å². The van der Waals surface area contributed by atoms with Crippen LogP contribution in [-0.4, -0.2) is 14.7 Å². The van der Waals surface area contributed by atoms with E-state index in [4.69, 9.17) is 0 Å². The predicted octanol–water partition coefficient (Wildman–Crippen LogP) is 3.70. The van der Waals surface area contributed by atoms with E-state index in [0.717, 1.165) is 16.7 Å². The standard InChI is InChI=1S/C21H23O3P/c1-16(2)21-19(17-10-5-3-6-11-17)14-9-15-20(21)25(22,23,24)18-12-7-4-8-13-18/h3-16,22-24H,1-2H3. The monoisotopic (exact) mass is 354 g/mol. The second-order valence-corrected chi connectivity index (χ2v) is 9.53. The summed E-state index contributed by atoms with van der Waals surface area (Å²) in [7, 11) is -5.22. The molecular formula is C21H23O3P. The van der Waals surface area contributed by atoms with Gasteiger partial charge >= 0.3 is 148 Å². The van der Waals surface area contributed by atoms with E-state index < -0.39 is 7.28 Å². The zero-order chi connectivity index (χ0) is 18.1. The van der Waals surface area contributed by atoms with Crippen molar-refractivity contribution in [2.24, 2.45) is 0 Å². The molecule has 0 atom stereocenters. The van der Waals surface area contributed by atoms with Crippen molar-refractivity contribution >= 4 is 17.9 Å². The Hall–Kier alpha value is -2.03. The Morgan fingerprint density at radius 2 is 1.24 bits per heavy atom. The van der Waals surface area contributed by atoms with Crippen LogP contribution in [0.1, 0.15) is 25.3 Å². The number of rotatable bonds is 4. The average Bonchev–Trinajstić information content (AvgIpc) is 2.62. The van der Waals surface area contributed by atoms with Gasteiger partial charge in [0.25, 0.3) is 0 Å². The SMILES string of the molecule is CC(C)c1c(-c2ccccc2)cccc1P(O)(O)(O)c1ccccc1. The Balaban J connectivity index is 2.31. The number of hydrogen-bond donors (Lipinski definition) is 3. The van der Waals surface area contributed by atoms with Crippen molar-refractivity contribution in [3.8, 4) is 11.1 Å². The third-order valence-electron chi connectivity index (χ3n) is 4.42. The molecule has 25 heavy (non-hydrogen) atoms. The molecule has 0 unspecified atom stereocenters. The molecule has 0 bridgehead atoms. The third kappa shape index (κ3) is 3.24. The summed E-state index contributed by atoms with van der Waals surface area (Å²) in [5.74, 6) is 0.00284. The van der Waals surface area contributed by atoms with Crippen LogP contribution in [0.15, 0.2) is 78.9 Å². The molecule has 0 amide bonds. The van der Waals surface area contributed by atoms with Crippen molar-refractivity contribution in [3.63, 3.8) is 0 Å². The first-order chi connectivity index (χ1) is 11.8. The maximum atomic E-state index is 11.1. The van der Waals surface area contributed by atoms with E-state index in [0.29, 0.717) is 0 Å². The van der Waals surface area contributed by atoms with Gasteiger partial charge in [-0.05, 0) is 0 Å². The summed E-state index contributed by atoms with van der Waals surface area (Å²) in [6, 6.07) is 23.4. The first kappa shape index (κ1) is 17.8. The Morgan fingerprint density at radius 3 is 1.80 bits per heavy atom. The molecule has 0 aromatic heterocycles. The van der Waals surface area contributed by atoms with Gasteiger partial charge in [0.1, 0.15) is 0 Å². The fraction of sp³-hybridized carbons (Fsp3) is 0.143. The van der Waals surface area contributed by atoms with Gasteiger partial charge in [-0.2, -0.15) is 0 Å². The van der Waals surface area contributed by atoms with Crippen molar-refractivity contribution in [2.45, 2.75) is 19.8 Å². The molecule has 0 aliphatic carbocycles. The van der Waals surface area contributed by atoms with E-state index in [1.807, 2.05) is 50.2 Å². The molecule has 0 aliphatic rings. The van der Waals surface area contributed by atoms with Crippen LogP contribution >= 0.6 is 7.28 Å². The summed E-state index contributed by atoms with van der Waals surface area (Å²) in [6.07, 6.45) is 0. The summed E-state index contributed by atoms with van der Waals surface area (Å²) in [4.78, 5) is 33.2. The minimum atomic E-state index is -5.22. The molecule has 3 nitrogen and oxygen atoms in total. The van der Waals surface area contributed by atoms with Crippen LogP contribution in [0.4, 0.5) is 0 Å².